The van der Waals surface area contributed by atoms with Gasteiger partial charge in [-0.2, -0.15) is 0 Å². The largest absolute Gasteiger partial charge is 0.350 e. The van der Waals surface area contributed by atoms with Crippen LogP contribution in [0.2, 0.25) is 0 Å². The maximum Gasteiger partial charge on any atom is 0.269 e. The van der Waals surface area contributed by atoms with Crippen molar-refractivity contribution >= 4 is 5.91 Å². The van der Waals surface area contributed by atoms with Gasteiger partial charge in [-0.3, -0.25) is 4.79 Å². The fourth-order valence-corrected chi connectivity index (χ4v) is 1.80. The summed E-state index contributed by atoms with van der Waals surface area (Å²) in [6, 6.07) is 0. The Kier molecular flexibility index (Phi) is 4.69. The number of imidazole rings is 1. The van der Waals surface area contributed by atoms with Gasteiger partial charge in [0.1, 0.15) is 5.69 Å². The summed E-state index contributed by atoms with van der Waals surface area (Å²) in [7, 11) is 1.80. The van der Waals surface area contributed by atoms with Crippen molar-refractivity contribution in [1.82, 2.24) is 14.9 Å². The molecule has 0 saturated heterocycles. The van der Waals surface area contributed by atoms with Crippen LogP contribution in [-0.2, 0) is 7.05 Å². The third kappa shape index (κ3) is 3.06. The fraction of sp³-hybridized carbons (Fsp3) is 0.667. The van der Waals surface area contributed by atoms with Crippen molar-refractivity contribution < 1.29 is 4.79 Å². The number of nitrogens with one attached hydrogen (secondary N) is 1. The maximum atomic E-state index is 11.9. The van der Waals surface area contributed by atoms with Gasteiger partial charge in [-0.15, -0.1) is 0 Å². The molecule has 1 amide bonds. The minimum absolute atomic E-state index is 0.00819. The lowest BCUT2D eigenvalue weighted by molar-refractivity contribution is 0.0920. The van der Waals surface area contributed by atoms with E-state index in [2.05, 4.69) is 24.1 Å². The number of nitrogens with zero attached hydrogens (tertiary/aromatic N) is 2. The van der Waals surface area contributed by atoms with Gasteiger partial charge in [0, 0.05) is 13.6 Å². The normalized spacial score (nSPS) is 11.5. The van der Waals surface area contributed by atoms with Crippen LogP contribution in [0.1, 0.15) is 37.2 Å². The van der Waals surface area contributed by atoms with Gasteiger partial charge in [-0.05, 0) is 24.8 Å². The van der Waals surface area contributed by atoms with Crippen LogP contribution in [0.25, 0.3) is 0 Å². The molecule has 0 aliphatic carbocycles. The molecule has 0 saturated carbocycles. The zero-order valence-corrected chi connectivity index (χ0v) is 10.9. The summed E-state index contributed by atoms with van der Waals surface area (Å²) in [5.41, 5.74) is 6.38. The Morgan fingerprint density at radius 2 is 2.18 bits per heavy atom. The minimum Gasteiger partial charge on any atom is -0.350 e. The van der Waals surface area contributed by atoms with Crippen molar-refractivity contribution in [2.24, 2.45) is 18.2 Å². The van der Waals surface area contributed by atoms with E-state index < -0.39 is 0 Å². The Morgan fingerprint density at radius 3 is 2.59 bits per heavy atom. The van der Waals surface area contributed by atoms with Crippen LogP contribution in [0.4, 0.5) is 0 Å². The van der Waals surface area contributed by atoms with Gasteiger partial charge in [0.25, 0.3) is 5.91 Å². The number of amides is 1. The standard InChI is InChI=1S/C12H22N4O/c1-4-12(5-2,7-13)8-15-11(17)10-6-14-9-16(10)3/h6,9H,4-5,7-8,13H2,1-3H3,(H,15,17). The first kappa shape index (κ1) is 13.7. The van der Waals surface area contributed by atoms with Gasteiger partial charge >= 0.3 is 0 Å². The lowest BCUT2D eigenvalue weighted by atomic mass is 9.82. The lowest BCUT2D eigenvalue weighted by Crippen LogP contribution is -2.42. The first-order valence-electron chi connectivity index (χ1n) is 6.03. The van der Waals surface area contributed by atoms with Crippen molar-refractivity contribution in [1.29, 1.82) is 0 Å². The van der Waals surface area contributed by atoms with Crippen molar-refractivity contribution in [2.45, 2.75) is 26.7 Å². The smallest absolute Gasteiger partial charge is 0.269 e. The minimum atomic E-state index is -0.0928. The highest BCUT2D eigenvalue weighted by atomic mass is 16.1. The summed E-state index contributed by atoms with van der Waals surface area (Å²) in [6.07, 6.45) is 5.11. The quantitative estimate of drug-likeness (QED) is 0.774. The molecule has 3 N–H and O–H groups in total. The number of rotatable bonds is 6. The van der Waals surface area contributed by atoms with Crippen LogP contribution in [0.3, 0.4) is 0 Å². The zero-order chi connectivity index (χ0) is 12.9. The molecule has 5 nitrogen and oxygen atoms in total. The molecule has 0 unspecified atom stereocenters. The molecule has 0 aliphatic heterocycles. The highest BCUT2D eigenvalue weighted by molar-refractivity contribution is 5.92. The van der Waals surface area contributed by atoms with Crippen molar-refractivity contribution in [3.63, 3.8) is 0 Å². The molecular weight excluding hydrogens is 216 g/mol. The van der Waals surface area contributed by atoms with E-state index in [9.17, 15) is 4.79 Å². The fourth-order valence-electron chi connectivity index (χ4n) is 1.80. The van der Waals surface area contributed by atoms with Crippen molar-refractivity contribution in [3.05, 3.63) is 18.2 Å². The SMILES string of the molecule is CCC(CC)(CN)CNC(=O)c1cncn1C. The molecule has 1 aromatic rings. The molecular formula is C12H22N4O. The molecule has 0 fully saturated rings. The van der Waals surface area contributed by atoms with Crippen molar-refractivity contribution in [2.75, 3.05) is 13.1 Å². The number of carbonyl (C=O) groups is 1. The predicted octanol–water partition coefficient (Wildman–Crippen LogP) is 0.915. The van der Waals surface area contributed by atoms with Crippen LogP contribution in [0.5, 0.6) is 0 Å². The Hall–Kier alpha value is -1.36. The van der Waals surface area contributed by atoms with E-state index in [-0.39, 0.29) is 11.3 Å². The topological polar surface area (TPSA) is 72.9 Å². The number of aryl methyl sites for hydroxylation is 1. The summed E-state index contributed by atoms with van der Waals surface area (Å²) in [6.45, 7) is 5.41. The van der Waals surface area contributed by atoms with E-state index in [4.69, 9.17) is 5.73 Å². The second kappa shape index (κ2) is 5.82. The molecule has 1 aromatic heterocycles. The average molecular weight is 238 g/mol. The predicted molar refractivity (Wildman–Crippen MR) is 67.6 cm³/mol. The highest BCUT2D eigenvalue weighted by Gasteiger charge is 2.25. The van der Waals surface area contributed by atoms with Gasteiger partial charge in [-0.25, -0.2) is 4.98 Å². The summed E-state index contributed by atoms with van der Waals surface area (Å²) in [5.74, 6) is -0.0928. The Morgan fingerprint density at radius 1 is 1.53 bits per heavy atom. The zero-order valence-electron chi connectivity index (χ0n) is 10.9. The molecule has 17 heavy (non-hydrogen) atoms. The molecule has 0 aliphatic rings. The van der Waals surface area contributed by atoms with E-state index >= 15 is 0 Å². The molecule has 0 atom stereocenters. The van der Waals surface area contributed by atoms with E-state index in [1.807, 2.05) is 0 Å². The number of hydrogen-bond acceptors (Lipinski definition) is 3. The molecule has 5 heteroatoms. The molecule has 0 spiro atoms. The summed E-state index contributed by atoms with van der Waals surface area (Å²) in [4.78, 5) is 15.8. The summed E-state index contributed by atoms with van der Waals surface area (Å²) >= 11 is 0. The Bertz CT molecular complexity index is 360. The van der Waals surface area contributed by atoms with E-state index in [1.165, 1.54) is 0 Å². The molecule has 1 heterocycles. The van der Waals surface area contributed by atoms with E-state index in [0.29, 0.717) is 18.8 Å². The number of hydrogen-bond donors (Lipinski definition) is 2. The monoisotopic (exact) mass is 238 g/mol. The molecule has 0 radical (unpaired) electrons. The Labute approximate surface area is 102 Å². The van der Waals surface area contributed by atoms with Gasteiger partial charge < -0.3 is 15.6 Å². The van der Waals surface area contributed by atoms with Crippen LogP contribution in [0.15, 0.2) is 12.5 Å². The summed E-state index contributed by atoms with van der Waals surface area (Å²) < 4.78 is 1.71. The van der Waals surface area contributed by atoms with Crippen LogP contribution < -0.4 is 11.1 Å². The van der Waals surface area contributed by atoms with Gasteiger partial charge in [0.15, 0.2) is 0 Å². The number of aromatic nitrogens is 2. The third-order valence-electron chi connectivity index (χ3n) is 3.61. The van der Waals surface area contributed by atoms with Crippen LogP contribution >= 0.6 is 0 Å². The molecule has 0 bridgehead atoms. The van der Waals surface area contributed by atoms with Crippen LogP contribution in [-0.4, -0.2) is 28.5 Å². The second-order valence-corrected chi connectivity index (χ2v) is 4.48. The van der Waals surface area contributed by atoms with Crippen molar-refractivity contribution in [3.8, 4) is 0 Å². The first-order valence-corrected chi connectivity index (χ1v) is 6.03. The lowest BCUT2D eigenvalue weighted by Gasteiger charge is -2.30. The molecule has 1 rings (SSSR count). The number of nitrogens with two attached hydrogens (primary N) is 1. The van der Waals surface area contributed by atoms with E-state index in [1.54, 1.807) is 24.1 Å². The molecule has 96 valence electrons. The van der Waals surface area contributed by atoms with Gasteiger partial charge in [0.2, 0.25) is 0 Å². The van der Waals surface area contributed by atoms with Gasteiger partial charge in [0.05, 0.1) is 12.5 Å². The highest BCUT2D eigenvalue weighted by Crippen LogP contribution is 2.23. The molecule has 0 aromatic carbocycles. The van der Waals surface area contributed by atoms with E-state index in [0.717, 1.165) is 12.8 Å². The summed E-state index contributed by atoms with van der Waals surface area (Å²) in [5, 5.41) is 2.94. The Balaban J connectivity index is 2.62. The maximum absolute atomic E-state index is 11.9. The average Bonchev–Trinajstić information content (AvgIpc) is 2.78. The number of carbonyl (C=O) groups excluding carboxylic acids is 1. The van der Waals surface area contributed by atoms with Gasteiger partial charge in [-0.1, -0.05) is 13.8 Å². The first-order chi connectivity index (χ1) is 8.08. The second-order valence-electron chi connectivity index (χ2n) is 4.48. The third-order valence-corrected chi connectivity index (χ3v) is 3.61. The van der Waals surface area contributed by atoms with Crippen LogP contribution in [0, 0.1) is 5.41 Å².